The first-order chi connectivity index (χ1) is 10.4. The summed E-state index contributed by atoms with van der Waals surface area (Å²) >= 11 is 0. The Morgan fingerprint density at radius 3 is 1.73 bits per heavy atom. The summed E-state index contributed by atoms with van der Waals surface area (Å²) in [5.41, 5.74) is 13.2. The first-order valence-corrected chi connectivity index (χ1v) is 6.60. The third-order valence-electron chi connectivity index (χ3n) is 2.46. The Balaban J connectivity index is 2.55. The van der Waals surface area contributed by atoms with Crippen LogP contribution in [-0.2, 0) is 22.7 Å². The van der Waals surface area contributed by atoms with Gasteiger partial charge >= 0.3 is 0 Å². The van der Waals surface area contributed by atoms with Gasteiger partial charge < -0.3 is 31.0 Å². The lowest BCUT2D eigenvalue weighted by atomic mass is 10.1. The third-order valence-corrected chi connectivity index (χ3v) is 2.46. The van der Waals surface area contributed by atoms with E-state index >= 15 is 0 Å². The van der Waals surface area contributed by atoms with Gasteiger partial charge in [0, 0.05) is 14.1 Å². The van der Waals surface area contributed by atoms with E-state index in [0.717, 1.165) is 11.1 Å². The molecule has 0 amide bonds. The summed E-state index contributed by atoms with van der Waals surface area (Å²) in [5.74, 6) is 11.4. The summed E-state index contributed by atoms with van der Waals surface area (Å²) in [6.45, 7) is 0.668. The van der Waals surface area contributed by atoms with E-state index in [2.05, 4.69) is 0 Å². The largest absolute Gasteiger partial charge is 0.473 e. The van der Waals surface area contributed by atoms with Gasteiger partial charge in [0.2, 0.25) is 11.8 Å². The standard InChI is InChI=1S/C14H24N6O2/c1-19(17)7-13(15)21-9-11-4-3-5-12(6-11)10-22-14(16)8-20(2)18/h3-8H,9-10,15-18H2,1-2H3/b13-7+,14-8+. The average molecular weight is 308 g/mol. The summed E-state index contributed by atoms with van der Waals surface area (Å²) in [7, 11) is 3.32. The second-order valence-corrected chi connectivity index (χ2v) is 4.79. The van der Waals surface area contributed by atoms with Gasteiger partial charge in [0.05, 0.1) is 12.4 Å². The zero-order valence-corrected chi connectivity index (χ0v) is 12.9. The molecule has 0 aliphatic rings. The van der Waals surface area contributed by atoms with Crippen LogP contribution < -0.4 is 23.2 Å². The van der Waals surface area contributed by atoms with Crippen molar-refractivity contribution >= 4 is 0 Å². The minimum atomic E-state index is 0.241. The third kappa shape index (κ3) is 7.27. The molecule has 0 saturated carbocycles. The van der Waals surface area contributed by atoms with Gasteiger partial charge in [0.25, 0.3) is 0 Å². The van der Waals surface area contributed by atoms with Crippen LogP contribution in [0.2, 0.25) is 0 Å². The average Bonchev–Trinajstić information content (AvgIpc) is 2.42. The van der Waals surface area contributed by atoms with Gasteiger partial charge in [0.15, 0.2) is 0 Å². The highest BCUT2D eigenvalue weighted by atomic mass is 16.5. The second kappa shape index (κ2) is 8.65. The van der Waals surface area contributed by atoms with Crippen LogP contribution in [0, 0.1) is 0 Å². The number of hydrogen-bond donors (Lipinski definition) is 4. The van der Waals surface area contributed by atoms with E-state index in [4.69, 9.17) is 32.6 Å². The Morgan fingerprint density at radius 2 is 1.36 bits per heavy atom. The topological polar surface area (TPSA) is 129 Å². The normalized spacial score (nSPS) is 12.0. The van der Waals surface area contributed by atoms with E-state index in [1.54, 1.807) is 14.1 Å². The summed E-state index contributed by atoms with van der Waals surface area (Å²) in [6.07, 6.45) is 2.98. The number of rotatable bonds is 8. The predicted molar refractivity (Wildman–Crippen MR) is 84.5 cm³/mol. The molecule has 0 saturated heterocycles. The van der Waals surface area contributed by atoms with Crippen molar-refractivity contribution < 1.29 is 9.47 Å². The maximum absolute atomic E-state index is 5.66. The number of hydrazine groups is 2. The number of benzene rings is 1. The van der Waals surface area contributed by atoms with E-state index in [1.807, 2.05) is 24.3 Å². The van der Waals surface area contributed by atoms with Gasteiger partial charge in [-0.25, -0.2) is 11.7 Å². The van der Waals surface area contributed by atoms with Gasteiger partial charge in [-0.3, -0.25) is 0 Å². The highest BCUT2D eigenvalue weighted by Gasteiger charge is 2.00. The van der Waals surface area contributed by atoms with Crippen molar-refractivity contribution in [2.45, 2.75) is 13.2 Å². The summed E-state index contributed by atoms with van der Waals surface area (Å²) in [5, 5.41) is 2.65. The lowest BCUT2D eigenvalue weighted by Gasteiger charge is -2.12. The summed E-state index contributed by atoms with van der Waals surface area (Å²) < 4.78 is 10.8. The quantitative estimate of drug-likeness (QED) is 0.296. The Morgan fingerprint density at radius 1 is 0.955 bits per heavy atom. The van der Waals surface area contributed by atoms with E-state index in [-0.39, 0.29) is 11.8 Å². The van der Waals surface area contributed by atoms with Gasteiger partial charge in [-0.2, -0.15) is 0 Å². The molecule has 0 bridgehead atoms. The first kappa shape index (κ1) is 17.5. The molecule has 122 valence electrons. The van der Waals surface area contributed by atoms with Crippen molar-refractivity contribution in [2.24, 2.45) is 23.2 Å². The molecular formula is C14H24N6O2. The Kier molecular flexibility index (Phi) is 6.87. The van der Waals surface area contributed by atoms with Gasteiger partial charge in [-0.15, -0.1) is 0 Å². The predicted octanol–water partition coefficient (Wildman–Crippen LogP) is -0.154. The fraction of sp³-hybridized carbons (Fsp3) is 0.286. The van der Waals surface area contributed by atoms with E-state index in [0.29, 0.717) is 13.2 Å². The zero-order chi connectivity index (χ0) is 16.5. The maximum Gasteiger partial charge on any atom is 0.202 e. The van der Waals surface area contributed by atoms with Crippen molar-refractivity contribution in [1.82, 2.24) is 10.0 Å². The SMILES string of the molecule is CN(N)/C=C(\N)OCc1cccc(CO/C(N)=C/N(C)N)c1. The van der Waals surface area contributed by atoms with Crippen LogP contribution in [0.4, 0.5) is 0 Å². The molecule has 1 rings (SSSR count). The lowest BCUT2D eigenvalue weighted by Crippen LogP contribution is -2.21. The molecule has 0 unspecified atom stereocenters. The van der Waals surface area contributed by atoms with Crippen LogP contribution in [0.5, 0.6) is 0 Å². The fourth-order valence-corrected chi connectivity index (χ4v) is 1.62. The molecule has 0 radical (unpaired) electrons. The minimum absolute atomic E-state index is 0.241. The molecule has 0 aliphatic heterocycles. The smallest absolute Gasteiger partial charge is 0.202 e. The highest BCUT2D eigenvalue weighted by molar-refractivity contribution is 5.22. The van der Waals surface area contributed by atoms with E-state index < -0.39 is 0 Å². The lowest BCUT2D eigenvalue weighted by molar-refractivity contribution is 0.184. The number of hydrogen-bond acceptors (Lipinski definition) is 8. The number of ether oxygens (including phenoxy) is 2. The van der Waals surface area contributed by atoms with Gasteiger partial charge in [-0.1, -0.05) is 18.2 Å². The van der Waals surface area contributed by atoms with Crippen molar-refractivity contribution in [3.63, 3.8) is 0 Å². The minimum Gasteiger partial charge on any atom is -0.473 e. The molecule has 1 aromatic carbocycles. The van der Waals surface area contributed by atoms with Crippen LogP contribution in [0.15, 0.2) is 48.4 Å². The van der Waals surface area contributed by atoms with Crippen molar-refractivity contribution in [2.75, 3.05) is 14.1 Å². The van der Waals surface area contributed by atoms with Gasteiger partial charge in [0.1, 0.15) is 13.2 Å². The van der Waals surface area contributed by atoms with Crippen LogP contribution in [0.25, 0.3) is 0 Å². The zero-order valence-electron chi connectivity index (χ0n) is 12.9. The molecule has 22 heavy (non-hydrogen) atoms. The molecule has 0 spiro atoms. The molecular weight excluding hydrogens is 284 g/mol. The van der Waals surface area contributed by atoms with Crippen LogP contribution >= 0.6 is 0 Å². The second-order valence-electron chi connectivity index (χ2n) is 4.79. The van der Waals surface area contributed by atoms with E-state index in [1.165, 1.54) is 22.4 Å². The molecule has 0 fully saturated rings. The van der Waals surface area contributed by atoms with Crippen molar-refractivity contribution in [1.29, 1.82) is 0 Å². The number of nitrogens with zero attached hydrogens (tertiary/aromatic N) is 2. The Labute approximate surface area is 130 Å². The van der Waals surface area contributed by atoms with Crippen LogP contribution in [0.1, 0.15) is 11.1 Å². The highest BCUT2D eigenvalue weighted by Crippen LogP contribution is 2.10. The summed E-state index contributed by atoms with van der Waals surface area (Å²) in [4.78, 5) is 0. The van der Waals surface area contributed by atoms with Crippen molar-refractivity contribution in [3.8, 4) is 0 Å². The molecule has 8 nitrogen and oxygen atoms in total. The van der Waals surface area contributed by atoms with Crippen LogP contribution in [-0.4, -0.2) is 24.1 Å². The molecule has 0 aromatic heterocycles. The monoisotopic (exact) mass is 308 g/mol. The first-order valence-electron chi connectivity index (χ1n) is 6.60. The molecule has 8 N–H and O–H groups in total. The Bertz CT molecular complexity index is 485. The fourth-order valence-electron chi connectivity index (χ4n) is 1.62. The maximum atomic E-state index is 5.66. The Hall–Kier alpha value is -2.58. The van der Waals surface area contributed by atoms with E-state index in [9.17, 15) is 0 Å². The number of nitrogens with two attached hydrogens (primary N) is 4. The summed E-state index contributed by atoms with van der Waals surface area (Å²) in [6, 6.07) is 7.70. The molecule has 1 aromatic rings. The molecule has 8 heteroatoms. The van der Waals surface area contributed by atoms with Crippen molar-refractivity contribution in [3.05, 3.63) is 59.6 Å². The molecule has 0 aliphatic carbocycles. The molecule has 0 heterocycles. The van der Waals surface area contributed by atoms with Gasteiger partial charge in [-0.05, 0) is 17.2 Å². The molecule has 0 atom stereocenters. The van der Waals surface area contributed by atoms with Crippen LogP contribution in [0.3, 0.4) is 0 Å².